The van der Waals surface area contributed by atoms with Gasteiger partial charge in [0.2, 0.25) is 0 Å². The van der Waals surface area contributed by atoms with Crippen LogP contribution < -0.4 is 5.73 Å². The highest BCUT2D eigenvalue weighted by Crippen LogP contribution is 2.08. The number of hydrogen-bond acceptors (Lipinski definition) is 4. The quantitative estimate of drug-likeness (QED) is 0.753. The Morgan fingerprint density at radius 1 is 1.12 bits per heavy atom. The number of nitrogens with zero attached hydrogens (tertiary/aromatic N) is 1. The van der Waals surface area contributed by atoms with E-state index in [0.717, 1.165) is 11.1 Å². The number of benzene rings is 2. The van der Waals surface area contributed by atoms with E-state index in [1.165, 1.54) is 4.90 Å². The maximum atomic E-state index is 12.3. The van der Waals surface area contributed by atoms with Gasteiger partial charge in [0.25, 0.3) is 5.91 Å². The van der Waals surface area contributed by atoms with Crippen LogP contribution in [0.4, 0.5) is 0 Å². The van der Waals surface area contributed by atoms with Crippen LogP contribution in [0, 0.1) is 0 Å². The van der Waals surface area contributed by atoms with Crippen molar-refractivity contribution in [2.75, 3.05) is 20.2 Å². The Kier molecular flexibility index (Phi) is 9.16. The lowest BCUT2D eigenvalue weighted by Gasteiger charge is -2.21. The topological polar surface area (TPSA) is 75.8 Å². The average molecular weight is 365 g/mol. The summed E-state index contributed by atoms with van der Waals surface area (Å²) in [6.07, 6.45) is -0.731. The van der Waals surface area contributed by atoms with Gasteiger partial charge >= 0.3 is 0 Å². The van der Waals surface area contributed by atoms with Crippen molar-refractivity contribution in [2.45, 2.75) is 19.3 Å². The Bertz CT molecular complexity index is 635. The Balaban J connectivity index is 0.00000312. The van der Waals surface area contributed by atoms with Gasteiger partial charge in [0.15, 0.2) is 0 Å². The molecule has 1 atom stereocenters. The van der Waals surface area contributed by atoms with Crippen molar-refractivity contribution in [3.8, 4) is 0 Å². The smallest absolute Gasteiger partial charge is 0.253 e. The molecule has 0 bridgehead atoms. The molecule has 0 saturated heterocycles. The summed E-state index contributed by atoms with van der Waals surface area (Å²) < 4.78 is 5.50. The number of aliphatic hydroxyl groups excluding tert-OH is 1. The summed E-state index contributed by atoms with van der Waals surface area (Å²) in [6.45, 7) is 1.28. The summed E-state index contributed by atoms with van der Waals surface area (Å²) in [5.74, 6) is -0.138. The molecule has 136 valence electrons. The summed E-state index contributed by atoms with van der Waals surface area (Å²) in [7, 11) is 1.67. The number of halogens is 1. The van der Waals surface area contributed by atoms with Crippen LogP contribution in [0.1, 0.15) is 21.5 Å². The average Bonchev–Trinajstić information content (AvgIpc) is 2.62. The van der Waals surface area contributed by atoms with Gasteiger partial charge in [-0.15, -0.1) is 12.4 Å². The van der Waals surface area contributed by atoms with E-state index in [9.17, 15) is 9.90 Å². The number of hydrogen-bond donors (Lipinski definition) is 2. The van der Waals surface area contributed by atoms with Gasteiger partial charge in [-0.3, -0.25) is 4.79 Å². The predicted molar refractivity (Wildman–Crippen MR) is 101 cm³/mol. The van der Waals surface area contributed by atoms with Gasteiger partial charge in [0, 0.05) is 25.7 Å². The van der Waals surface area contributed by atoms with Gasteiger partial charge in [-0.2, -0.15) is 0 Å². The Morgan fingerprint density at radius 2 is 1.76 bits per heavy atom. The number of amides is 1. The zero-order valence-corrected chi connectivity index (χ0v) is 15.1. The van der Waals surface area contributed by atoms with Crippen molar-refractivity contribution < 1.29 is 14.6 Å². The van der Waals surface area contributed by atoms with Crippen molar-refractivity contribution in [3.63, 3.8) is 0 Å². The second-order valence-corrected chi connectivity index (χ2v) is 5.74. The normalized spacial score (nSPS) is 11.5. The molecular formula is C19H25ClN2O3. The second kappa shape index (κ2) is 10.8. The summed E-state index contributed by atoms with van der Waals surface area (Å²) >= 11 is 0. The number of nitrogens with two attached hydrogens (primary N) is 1. The largest absolute Gasteiger partial charge is 0.389 e. The van der Waals surface area contributed by atoms with Crippen molar-refractivity contribution in [3.05, 3.63) is 71.3 Å². The molecule has 25 heavy (non-hydrogen) atoms. The molecule has 2 aromatic rings. The number of ether oxygens (including phenoxy) is 1. The molecule has 3 N–H and O–H groups in total. The van der Waals surface area contributed by atoms with E-state index in [4.69, 9.17) is 10.5 Å². The SMILES string of the molecule is CN(CC(O)COCc1ccccc1)C(=O)c1ccc(CN)cc1.Cl. The molecule has 0 aliphatic carbocycles. The third-order valence-electron chi connectivity index (χ3n) is 3.69. The van der Waals surface area contributed by atoms with E-state index in [0.29, 0.717) is 18.7 Å². The monoisotopic (exact) mass is 364 g/mol. The van der Waals surface area contributed by atoms with E-state index in [1.807, 2.05) is 42.5 Å². The maximum Gasteiger partial charge on any atom is 0.253 e. The highest BCUT2D eigenvalue weighted by Gasteiger charge is 2.15. The van der Waals surface area contributed by atoms with Gasteiger partial charge in [-0.05, 0) is 23.3 Å². The minimum absolute atomic E-state index is 0. The third-order valence-corrected chi connectivity index (χ3v) is 3.69. The molecule has 0 radical (unpaired) electrons. The summed E-state index contributed by atoms with van der Waals surface area (Å²) in [5.41, 5.74) is 8.15. The molecule has 0 aromatic heterocycles. The molecule has 5 nitrogen and oxygen atoms in total. The minimum Gasteiger partial charge on any atom is -0.389 e. The number of rotatable bonds is 8. The first-order valence-electron chi connectivity index (χ1n) is 7.94. The fourth-order valence-corrected chi connectivity index (χ4v) is 2.34. The third kappa shape index (κ3) is 6.84. The van der Waals surface area contributed by atoms with Gasteiger partial charge in [0.1, 0.15) is 0 Å². The summed E-state index contributed by atoms with van der Waals surface area (Å²) in [5, 5.41) is 10.0. The van der Waals surface area contributed by atoms with Crippen LogP contribution in [0.25, 0.3) is 0 Å². The Morgan fingerprint density at radius 3 is 2.36 bits per heavy atom. The zero-order chi connectivity index (χ0) is 17.4. The van der Waals surface area contributed by atoms with Gasteiger partial charge in [0.05, 0.1) is 19.3 Å². The zero-order valence-electron chi connectivity index (χ0n) is 14.3. The van der Waals surface area contributed by atoms with Crippen molar-refractivity contribution in [1.29, 1.82) is 0 Å². The molecule has 0 heterocycles. The van der Waals surface area contributed by atoms with Crippen LogP contribution in [0.2, 0.25) is 0 Å². The fourth-order valence-electron chi connectivity index (χ4n) is 2.34. The van der Waals surface area contributed by atoms with Crippen molar-refractivity contribution >= 4 is 18.3 Å². The van der Waals surface area contributed by atoms with E-state index in [-0.39, 0.29) is 31.5 Å². The maximum absolute atomic E-state index is 12.3. The first kappa shape index (κ1) is 21.1. The van der Waals surface area contributed by atoms with Crippen LogP contribution in [-0.4, -0.2) is 42.2 Å². The highest BCUT2D eigenvalue weighted by atomic mass is 35.5. The van der Waals surface area contributed by atoms with Crippen LogP contribution in [-0.2, 0) is 17.9 Å². The number of carbonyl (C=O) groups is 1. The van der Waals surface area contributed by atoms with Crippen LogP contribution >= 0.6 is 12.4 Å². The van der Waals surface area contributed by atoms with E-state index in [2.05, 4.69) is 0 Å². The predicted octanol–water partition coefficient (Wildman–Crippen LogP) is 2.22. The Hall–Kier alpha value is -1.92. The number of aliphatic hydroxyl groups is 1. The molecular weight excluding hydrogens is 340 g/mol. The highest BCUT2D eigenvalue weighted by molar-refractivity contribution is 5.94. The van der Waals surface area contributed by atoms with Crippen LogP contribution in [0.15, 0.2) is 54.6 Å². The summed E-state index contributed by atoms with van der Waals surface area (Å²) in [6, 6.07) is 16.9. The van der Waals surface area contributed by atoms with E-state index in [1.54, 1.807) is 19.2 Å². The van der Waals surface area contributed by atoms with Crippen molar-refractivity contribution in [1.82, 2.24) is 4.90 Å². The van der Waals surface area contributed by atoms with Crippen LogP contribution in [0.5, 0.6) is 0 Å². The van der Waals surface area contributed by atoms with E-state index >= 15 is 0 Å². The summed E-state index contributed by atoms with van der Waals surface area (Å²) in [4.78, 5) is 13.8. The molecule has 0 saturated carbocycles. The lowest BCUT2D eigenvalue weighted by atomic mass is 10.1. The number of carbonyl (C=O) groups excluding carboxylic acids is 1. The molecule has 1 unspecified atom stereocenters. The van der Waals surface area contributed by atoms with Gasteiger partial charge in [-0.25, -0.2) is 0 Å². The first-order valence-corrected chi connectivity index (χ1v) is 7.94. The molecule has 2 rings (SSSR count). The lowest BCUT2D eigenvalue weighted by molar-refractivity contribution is 0.0137. The van der Waals surface area contributed by atoms with Gasteiger partial charge < -0.3 is 20.5 Å². The minimum atomic E-state index is -0.731. The molecule has 0 aliphatic heterocycles. The molecule has 6 heteroatoms. The molecule has 2 aromatic carbocycles. The van der Waals surface area contributed by atoms with Crippen molar-refractivity contribution in [2.24, 2.45) is 5.73 Å². The fraction of sp³-hybridized carbons (Fsp3) is 0.316. The van der Waals surface area contributed by atoms with Gasteiger partial charge in [-0.1, -0.05) is 42.5 Å². The van der Waals surface area contributed by atoms with Crippen LogP contribution in [0.3, 0.4) is 0 Å². The molecule has 0 spiro atoms. The lowest BCUT2D eigenvalue weighted by Crippen LogP contribution is -2.36. The first-order chi connectivity index (χ1) is 11.6. The standard InChI is InChI=1S/C19H24N2O3.ClH/c1-21(19(23)17-9-7-15(11-20)8-10-17)12-18(22)14-24-13-16-5-3-2-4-6-16;/h2-10,18,22H,11-14,20H2,1H3;1H. The second-order valence-electron chi connectivity index (χ2n) is 5.74. The number of likely N-dealkylation sites (N-methyl/N-ethyl adjacent to an activating group) is 1. The Labute approximate surface area is 154 Å². The molecule has 0 fully saturated rings. The van der Waals surface area contributed by atoms with E-state index < -0.39 is 6.10 Å². The molecule has 0 aliphatic rings. The molecule has 1 amide bonds.